The molecule has 4 aromatic rings. The molecular weight excluding hydrogens is 454 g/mol. The number of likely N-dealkylation sites (tertiary alicyclic amines) is 1. The number of morpholine rings is 1. The van der Waals surface area contributed by atoms with Crippen molar-refractivity contribution in [3.05, 3.63) is 71.6 Å². The summed E-state index contributed by atoms with van der Waals surface area (Å²) in [4.78, 5) is 20.8. The number of para-hydroxylation sites is 1. The topological polar surface area (TPSA) is 81.9 Å². The maximum atomic E-state index is 13.1. The highest BCUT2D eigenvalue weighted by Gasteiger charge is 2.35. The van der Waals surface area contributed by atoms with Gasteiger partial charge in [-0.2, -0.15) is 0 Å². The van der Waals surface area contributed by atoms with Gasteiger partial charge in [0.15, 0.2) is 5.76 Å². The summed E-state index contributed by atoms with van der Waals surface area (Å²) in [6.07, 6.45) is 1.33. The van der Waals surface area contributed by atoms with Crippen LogP contribution in [0.5, 0.6) is 0 Å². The van der Waals surface area contributed by atoms with Crippen LogP contribution in [-0.4, -0.2) is 64.2 Å². The number of nitrogens with zero attached hydrogens (tertiary/aromatic N) is 2. The van der Waals surface area contributed by atoms with Crippen molar-refractivity contribution >= 4 is 27.8 Å². The lowest BCUT2D eigenvalue weighted by Gasteiger charge is -2.38. The second-order valence-corrected chi connectivity index (χ2v) is 10.5. The van der Waals surface area contributed by atoms with E-state index in [1.54, 1.807) is 11.0 Å². The molecular formula is C29H33N3O4. The quantitative estimate of drug-likeness (QED) is 0.438. The van der Waals surface area contributed by atoms with E-state index in [4.69, 9.17) is 9.15 Å². The molecule has 6 rings (SSSR count). The second-order valence-electron chi connectivity index (χ2n) is 10.5. The van der Waals surface area contributed by atoms with Crippen molar-refractivity contribution in [1.82, 2.24) is 14.8 Å². The summed E-state index contributed by atoms with van der Waals surface area (Å²) in [7, 11) is 0. The number of benzene rings is 2. The molecule has 7 heteroatoms. The molecule has 2 atom stereocenters. The molecule has 4 heterocycles. The van der Waals surface area contributed by atoms with Crippen molar-refractivity contribution in [1.29, 1.82) is 0 Å². The molecule has 7 nitrogen and oxygen atoms in total. The average molecular weight is 488 g/mol. The summed E-state index contributed by atoms with van der Waals surface area (Å²) in [6.45, 7) is 7.54. The zero-order chi connectivity index (χ0) is 24.9. The number of H-pyrrole nitrogens is 1. The van der Waals surface area contributed by atoms with Gasteiger partial charge in [-0.1, -0.05) is 24.3 Å². The Morgan fingerprint density at radius 1 is 1.03 bits per heavy atom. The van der Waals surface area contributed by atoms with Crippen LogP contribution in [-0.2, 0) is 16.9 Å². The summed E-state index contributed by atoms with van der Waals surface area (Å²) < 4.78 is 11.7. The zero-order valence-corrected chi connectivity index (χ0v) is 20.9. The minimum absolute atomic E-state index is 0.00450. The molecule has 2 N–H and O–H groups in total. The van der Waals surface area contributed by atoms with Crippen LogP contribution in [0, 0.1) is 0 Å². The largest absolute Gasteiger partial charge is 0.451 e. The van der Waals surface area contributed by atoms with Gasteiger partial charge >= 0.3 is 0 Å². The minimum atomic E-state index is -0.887. The van der Waals surface area contributed by atoms with Gasteiger partial charge in [-0.25, -0.2) is 0 Å². The fraction of sp³-hybridized carbons (Fsp3) is 0.414. The molecule has 2 aliphatic rings. The van der Waals surface area contributed by atoms with Gasteiger partial charge in [-0.15, -0.1) is 0 Å². The van der Waals surface area contributed by atoms with Gasteiger partial charge in [-0.05, 0) is 68.0 Å². The van der Waals surface area contributed by atoms with Crippen LogP contribution in [0.4, 0.5) is 0 Å². The van der Waals surface area contributed by atoms with E-state index >= 15 is 0 Å². The van der Waals surface area contributed by atoms with Crippen molar-refractivity contribution in [2.45, 2.75) is 51.0 Å². The van der Waals surface area contributed by atoms with Crippen LogP contribution >= 0.6 is 0 Å². The molecule has 2 aliphatic heterocycles. The number of nitrogens with one attached hydrogen (secondary N) is 1. The van der Waals surface area contributed by atoms with E-state index in [2.05, 4.69) is 34.1 Å². The van der Waals surface area contributed by atoms with Gasteiger partial charge < -0.3 is 24.1 Å². The number of amides is 1. The van der Waals surface area contributed by atoms with Gasteiger partial charge in [0.2, 0.25) is 0 Å². The number of hydrogen-bond acceptors (Lipinski definition) is 5. The molecule has 1 amide bonds. The van der Waals surface area contributed by atoms with Gasteiger partial charge in [0.05, 0.1) is 17.8 Å². The zero-order valence-electron chi connectivity index (χ0n) is 20.9. The summed E-state index contributed by atoms with van der Waals surface area (Å²) in [6, 6.07) is 18.1. The van der Waals surface area contributed by atoms with E-state index in [-0.39, 0.29) is 18.1 Å². The number of aromatic amines is 1. The third kappa shape index (κ3) is 4.43. The molecule has 0 saturated carbocycles. The third-order valence-electron chi connectivity index (χ3n) is 7.63. The van der Waals surface area contributed by atoms with Crippen molar-refractivity contribution < 1.29 is 19.1 Å². The number of hydrogen-bond donors (Lipinski definition) is 2. The number of carbonyl (C=O) groups is 1. The number of ether oxygens (including phenoxy) is 1. The van der Waals surface area contributed by atoms with Gasteiger partial charge in [0.1, 0.15) is 5.58 Å². The smallest absolute Gasteiger partial charge is 0.289 e. The molecule has 2 fully saturated rings. The number of furan rings is 1. The first-order valence-corrected chi connectivity index (χ1v) is 12.9. The number of aliphatic hydroxyl groups is 1. The van der Waals surface area contributed by atoms with Crippen LogP contribution in [0.15, 0.2) is 59.0 Å². The number of carbonyl (C=O) groups excluding carboxylic acids is 1. The Morgan fingerprint density at radius 2 is 1.78 bits per heavy atom. The third-order valence-corrected chi connectivity index (χ3v) is 7.63. The van der Waals surface area contributed by atoms with E-state index < -0.39 is 5.60 Å². The van der Waals surface area contributed by atoms with Gasteiger partial charge in [-0.3, -0.25) is 9.69 Å². The first kappa shape index (κ1) is 23.3. The summed E-state index contributed by atoms with van der Waals surface area (Å²) in [5, 5.41) is 13.6. The molecule has 2 aromatic carbocycles. The predicted molar refractivity (Wildman–Crippen MR) is 139 cm³/mol. The lowest BCUT2D eigenvalue weighted by molar-refractivity contribution is -0.0591. The maximum absolute atomic E-state index is 13.1. The Balaban J connectivity index is 1.14. The Labute approximate surface area is 210 Å². The van der Waals surface area contributed by atoms with Crippen LogP contribution in [0.1, 0.15) is 48.5 Å². The highest BCUT2D eigenvalue weighted by atomic mass is 16.5. The summed E-state index contributed by atoms with van der Waals surface area (Å²) in [5.41, 5.74) is 3.01. The van der Waals surface area contributed by atoms with E-state index in [0.29, 0.717) is 37.3 Å². The number of rotatable bonds is 4. The van der Waals surface area contributed by atoms with Crippen molar-refractivity contribution in [2.75, 3.05) is 26.2 Å². The molecule has 0 aliphatic carbocycles. The highest BCUT2D eigenvalue weighted by molar-refractivity contribution is 5.96. The van der Waals surface area contributed by atoms with Gasteiger partial charge in [0.25, 0.3) is 5.91 Å². The average Bonchev–Trinajstić information content (AvgIpc) is 3.47. The Morgan fingerprint density at radius 3 is 2.53 bits per heavy atom. The molecule has 0 radical (unpaired) electrons. The molecule has 0 bridgehead atoms. The molecule has 36 heavy (non-hydrogen) atoms. The standard InChI is InChI=1S/C29H33N3O4/c1-19-16-32(17-20(2)35-19)28(33)27-15-22-13-23(7-8-26(22)36-27)29(34)9-11-31(12-10-29)18-24-14-21-5-3-4-6-25(21)30-24/h3-8,13-15,19-20,30,34H,9-12,16-18H2,1-2H3/t19-,20+. The Hall–Kier alpha value is -3.13. The van der Waals surface area contributed by atoms with Crippen LogP contribution in [0.2, 0.25) is 0 Å². The highest BCUT2D eigenvalue weighted by Crippen LogP contribution is 2.35. The van der Waals surface area contributed by atoms with Crippen molar-refractivity contribution in [2.24, 2.45) is 0 Å². The molecule has 0 spiro atoms. The molecule has 2 saturated heterocycles. The van der Waals surface area contributed by atoms with Gasteiger partial charge in [0, 0.05) is 49.3 Å². The van der Waals surface area contributed by atoms with E-state index in [1.165, 1.54) is 11.1 Å². The van der Waals surface area contributed by atoms with E-state index in [0.717, 1.165) is 36.1 Å². The fourth-order valence-corrected chi connectivity index (χ4v) is 5.77. The monoisotopic (exact) mass is 487 g/mol. The predicted octanol–water partition coefficient (Wildman–Crippen LogP) is 4.65. The molecule has 0 unspecified atom stereocenters. The van der Waals surface area contributed by atoms with Crippen LogP contribution in [0.3, 0.4) is 0 Å². The SMILES string of the molecule is C[C@@H]1CN(C(=O)c2cc3cc(C4(O)CCN(Cc5cc6ccccc6[nH]5)CC4)ccc3o2)C[C@H](C)O1. The van der Waals surface area contributed by atoms with E-state index in [9.17, 15) is 9.90 Å². The molecule has 2 aromatic heterocycles. The Bertz CT molecular complexity index is 1360. The first-order chi connectivity index (χ1) is 17.4. The number of fused-ring (bicyclic) bond motifs is 2. The number of aromatic nitrogens is 1. The van der Waals surface area contributed by atoms with Crippen LogP contribution < -0.4 is 0 Å². The molecule has 188 valence electrons. The number of piperidine rings is 1. The van der Waals surface area contributed by atoms with E-state index in [1.807, 2.05) is 38.1 Å². The minimum Gasteiger partial charge on any atom is -0.451 e. The summed E-state index contributed by atoms with van der Waals surface area (Å²) >= 11 is 0. The van der Waals surface area contributed by atoms with Crippen molar-refractivity contribution in [3.8, 4) is 0 Å². The Kier molecular flexibility index (Phi) is 5.86. The lowest BCUT2D eigenvalue weighted by atomic mass is 9.84. The van der Waals surface area contributed by atoms with Crippen molar-refractivity contribution in [3.63, 3.8) is 0 Å². The normalized spacial score (nSPS) is 22.9. The second kappa shape index (κ2) is 9.07. The summed E-state index contributed by atoms with van der Waals surface area (Å²) in [5.74, 6) is 0.224. The van der Waals surface area contributed by atoms with Crippen LogP contribution in [0.25, 0.3) is 21.9 Å². The maximum Gasteiger partial charge on any atom is 0.289 e. The first-order valence-electron chi connectivity index (χ1n) is 12.9. The lowest BCUT2D eigenvalue weighted by Crippen LogP contribution is -2.48. The fourth-order valence-electron chi connectivity index (χ4n) is 5.77.